The van der Waals surface area contributed by atoms with Gasteiger partial charge in [-0.15, -0.1) is 5.53 Å². The van der Waals surface area contributed by atoms with Crippen molar-refractivity contribution in [1.82, 2.24) is 19.1 Å². The lowest BCUT2D eigenvalue weighted by atomic mass is 10.0. The van der Waals surface area contributed by atoms with E-state index in [0.717, 1.165) is 8.18 Å². The average molecular weight is 569 g/mol. The van der Waals surface area contributed by atoms with Gasteiger partial charge in [0.1, 0.15) is 0 Å². The molecule has 1 aromatic carbocycles. The monoisotopic (exact) mass is 566 g/mol. The van der Waals surface area contributed by atoms with Crippen LogP contribution >= 0.6 is 48.2 Å². The first-order chi connectivity index (χ1) is 12.8. The quantitative estimate of drug-likeness (QED) is 0.228. The molecule has 0 fully saturated rings. The average Bonchev–Trinajstić information content (AvgIpc) is 2.68. The molecule has 1 aliphatic carbocycles. The zero-order chi connectivity index (χ0) is 20.0. The molecule has 0 heterocycles. The Bertz CT molecular complexity index is 738. The number of benzene rings is 1. The summed E-state index contributed by atoms with van der Waals surface area (Å²) >= 11 is 9.66. The fraction of sp³-hybridized carbons (Fsp3) is 0.250. The number of carbonyl (C=O) groups is 2. The molecule has 27 heavy (non-hydrogen) atoms. The highest BCUT2D eigenvalue weighted by Crippen LogP contribution is 2.31. The van der Waals surface area contributed by atoms with E-state index >= 15 is 0 Å². The van der Waals surface area contributed by atoms with E-state index in [1.807, 2.05) is 0 Å². The van der Waals surface area contributed by atoms with Crippen LogP contribution in [0.2, 0.25) is 0 Å². The molecule has 11 heteroatoms. The van der Waals surface area contributed by atoms with E-state index in [0.29, 0.717) is 11.1 Å². The van der Waals surface area contributed by atoms with Gasteiger partial charge in [0.05, 0.1) is 4.83 Å². The van der Waals surface area contributed by atoms with Crippen molar-refractivity contribution >= 4 is 60.0 Å². The van der Waals surface area contributed by atoms with Crippen molar-refractivity contribution in [1.29, 1.82) is 0 Å². The van der Waals surface area contributed by atoms with Crippen LogP contribution in [-0.4, -0.2) is 44.8 Å². The minimum Gasteiger partial charge on any atom is -0.349 e. The van der Waals surface area contributed by atoms with E-state index in [-0.39, 0.29) is 0 Å². The molecule has 0 radical (unpaired) electrons. The summed E-state index contributed by atoms with van der Waals surface area (Å²) in [7, 11) is 3.02. The molecular weight excluding hydrogens is 552 g/mol. The Morgan fingerprint density at radius 1 is 1.15 bits per heavy atom. The van der Waals surface area contributed by atoms with Crippen LogP contribution in [0.3, 0.4) is 0 Å². The second-order valence-corrected chi connectivity index (χ2v) is 8.53. The molecule has 0 saturated heterocycles. The molecular formula is C16H17Br3N4O4. The molecule has 2 N–H and O–H groups in total. The van der Waals surface area contributed by atoms with Crippen LogP contribution in [0.25, 0.3) is 0 Å². The van der Waals surface area contributed by atoms with E-state index in [2.05, 4.69) is 59.2 Å². The molecule has 1 aliphatic rings. The van der Waals surface area contributed by atoms with E-state index < -0.39 is 22.4 Å². The molecule has 2 amide bonds. The Morgan fingerprint density at radius 3 is 2.30 bits per heavy atom. The summed E-state index contributed by atoms with van der Waals surface area (Å²) in [6.07, 6.45) is 4.85. The molecule has 0 saturated carbocycles. The fourth-order valence-corrected chi connectivity index (χ4v) is 3.52. The van der Waals surface area contributed by atoms with Crippen molar-refractivity contribution in [3.8, 4) is 0 Å². The van der Waals surface area contributed by atoms with Gasteiger partial charge in [0, 0.05) is 57.7 Å². The zero-order valence-corrected chi connectivity index (χ0v) is 19.1. The van der Waals surface area contributed by atoms with Crippen LogP contribution in [0.15, 0.2) is 54.1 Å². The van der Waals surface area contributed by atoms with Gasteiger partial charge in [-0.2, -0.15) is 5.12 Å². The Morgan fingerprint density at radius 2 is 1.78 bits per heavy atom. The lowest BCUT2D eigenvalue weighted by molar-refractivity contribution is -0.163. The standard InChI is InChI=1S/C16H17Br3N4O4/c1-26-16(27-2)9-8-12(10-13(16)17)15(25)22(23(18)19)21-20-14(24)11-6-4-3-5-7-11/h3-10,13,21H,1-2H3,(H,20,24). The Labute approximate surface area is 182 Å². The smallest absolute Gasteiger partial charge is 0.285 e. The normalized spacial score (nSPS) is 18.1. The van der Waals surface area contributed by atoms with E-state index in [9.17, 15) is 9.59 Å². The first-order valence-electron chi connectivity index (χ1n) is 7.57. The van der Waals surface area contributed by atoms with Crippen molar-refractivity contribution in [2.75, 3.05) is 14.2 Å². The van der Waals surface area contributed by atoms with Crippen LogP contribution in [0.1, 0.15) is 10.4 Å². The molecule has 1 unspecified atom stereocenters. The number of hydrazine groups is 3. The highest BCUT2D eigenvalue weighted by Gasteiger charge is 2.38. The van der Waals surface area contributed by atoms with Gasteiger partial charge in [-0.25, -0.2) is 0 Å². The van der Waals surface area contributed by atoms with Gasteiger partial charge >= 0.3 is 0 Å². The van der Waals surface area contributed by atoms with Crippen molar-refractivity contribution in [2.45, 2.75) is 10.6 Å². The number of amides is 2. The maximum absolute atomic E-state index is 12.8. The summed E-state index contributed by atoms with van der Waals surface area (Å²) in [5.41, 5.74) is 5.77. The number of nitrogens with zero attached hydrogens (tertiary/aromatic N) is 2. The van der Waals surface area contributed by atoms with E-state index in [1.165, 1.54) is 14.2 Å². The van der Waals surface area contributed by atoms with Gasteiger partial charge in [-0.05, 0) is 24.3 Å². The van der Waals surface area contributed by atoms with E-state index in [1.54, 1.807) is 48.6 Å². The summed E-state index contributed by atoms with van der Waals surface area (Å²) in [6.45, 7) is 0. The molecule has 2 rings (SSSR count). The Hall–Kier alpha value is -1.08. The summed E-state index contributed by atoms with van der Waals surface area (Å²) in [5.74, 6) is -1.87. The number of hydrogen-bond acceptors (Lipinski definition) is 6. The number of halogens is 3. The zero-order valence-electron chi connectivity index (χ0n) is 14.4. The summed E-state index contributed by atoms with van der Waals surface area (Å²) in [6, 6.07) is 8.59. The lowest BCUT2D eigenvalue weighted by Gasteiger charge is -2.34. The largest absolute Gasteiger partial charge is 0.349 e. The second-order valence-electron chi connectivity index (χ2n) is 5.25. The van der Waals surface area contributed by atoms with Crippen LogP contribution in [0.5, 0.6) is 0 Å². The third-order valence-corrected chi connectivity index (χ3v) is 5.28. The third-order valence-electron chi connectivity index (χ3n) is 3.75. The number of methoxy groups -OCH3 is 2. The number of ether oxygens (including phenoxy) is 2. The van der Waals surface area contributed by atoms with Crippen LogP contribution < -0.4 is 11.0 Å². The molecule has 1 atom stereocenters. The van der Waals surface area contributed by atoms with Crippen molar-refractivity contribution < 1.29 is 19.1 Å². The van der Waals surface area contributed by atoms with Gasteiger partial charge in [0.2, 0.25) is 5.79 Å². The predicted molar refractivity (Wildman–Crippen MR) is 110 cm³/mol. The highest BCUT2D eigenvalue weighted by molar-refractivity contribution is 9.21. The minimum atomic E-state index is -1.01. The number of hydrogen-bond donors (Lipinski definition) is 2. The lowest BCUT2D eigenvalue weighted by Crippen LogP contribution is -2.55. The van der Waals surface area contributed by atoms with Gasteiger partial charge in [-0.3, -0.25) is 15.0 Å². The Balaban J connectivity index is 2.10. The molecule has 146 valence electrons. The SMILES string of the molecule is COC1(OC)C=CC(C(=O)N(NNC(=O)c2ccccc2)N(Br)Br)=CC1Br. The summed E-state index contributed by atoms with van der Waals surface area (Å²) in [4.78, 5) is 24.6. The first kappa shape index (κ1) is 22.2. The first-order valence-corrected chi connectivity index (χ1v) is 9.90. The van der Waals surface area contributed by atoms with Crippen molar-refractivity contribution in [2.24, 2.45) is 0 Å². The summed E-state index contributed by atoms with van der Waals surface area (Å²) in [5, 5.41) is 1.02. The summed E-state index contributed by atoms with van der Waals surface area (Å²) < 4.78 is 11.9. The molecule has 0 bridgehead atoms. The Kier molecular flexibility index (Phi) is 8.16. The van der Waals surface area contributed by atoms with Crippen molar-refractivity contribution in [3.05, 3.63) is 59.7 Å². The second kappa shape index (κ2) is 9.92. The van der Waals surface area contributed by atoms with Gasteiger partial charge in [0.15, 0.2) is 0 Å². The van der Waals surface area contributed by atoms with Crippen LogP contribution in [0.4, 0.5) is 0 Å². The molecule has 8 nitrogen and oxygen atoms in total. The molecule has 0 spiro atoms. The van der Waals surface area contributed by atoms with Gasteiger partial charge < -0.3 is 9.47 Å². The van der Waals surface area contributed by atoms with Crippen molar-refractivity contribution in [3.63, 3.8) is 0 Å². The maximum Gasteiger partial charge on any atom is 0.285 e. The van der Waals surface area contributed by atoms with Crippen LogP contribution in [0, 0.1) is 0 Å². The minimum absolute atomic E-state index is 0.340. The fourth-order valence-electron chi connectivity index (χ4n) is 2.26. The third kappa shape index (κ3) is 5.25. The molecule has 0 aromatic heterocycles. The maximum atomic E-state index is 12.8. The number of carbonyl (C=O) groups excluding carboxylic acids is 2. The predicted octanol–water partition coefficient (Wildman–Crippen LogP) is 2.75. The molecule has 0 aliphatic heterocycles. The number of rotatable bonds is 7. The number of nitrogens with one attached hydrogen (secondary N) is 2. The van der Waals surface area contributed by atoms with Gasteiger partial charge in [0.25, 0.3) is 11.8 Å². The topological polar surface area (TPSA) is 83.1 Å². The van der Waals surface area contributed by atoms with E-state index in [4.69, 9.17) is 9.47 Å². The van der Waals surface area contributed by atoms with Gasteiger partial charge in [-0.1, -0.05) is 43.3 Å². The molecule has 1 aromatic rings. The highest BCUT2D eigenvalue weighted by atomic mass is 79.9. The number of alkyl halides is 1. The van der Waals surface area contributed by atoms with Crippen LogP contribution in [-0.2, 0) is 14.3 Å².